The highest BCUT2D eigenvalue weighted by molar-refractivity contribution is 5.97. The molecule has 8 rings (SSSR count). The Bertz CT molecular complexity index is 2620. The van der Waals surface area contributed by atoms with Crippen molar-refractivity contribution in [2.45, 2.75) is 108 Å². The minimum atomic E-state index is -2.41. The van der Waals surface area contributed by atoms with Gasteiger partial charge in [-0.3, -0.25) is 19.2 Å². The van der Waals surface area contributed by atoms with Crippen LogP contribution in [0.3, 0.4) is 0 Å². The summed E-state index contributed by atoms with van der Waals surface area (Å²) in [6.07, 6.45) is -10.6. The van der Waals surface area contributed by atoms with Crippen LogP contribution in [0.25, 0.3) is 10.8 Å². The normalized spacial score (nSPS) is 30.7. The topological polar surface area (TPSA) is 221 Å². The quantitative estimate of drug-likeness (QED) is 0.0947. The number of benzene rings is 4. The lowest BCUT2D eigenvalue weighted by atomic mass is 9.44. The Balaban J connectivity index is 1.29. The minimum absolute atomic E-state index is 0.00659. The zero-order valence-electron chi connectivity index (χ0n) is 37.4. The lowest BCUT2D eigenvalue weighted by molar-refractivity contribution is -0.346. The number of fused-ring (bicyclic) bond motifs is 6. The van der Waals surface area contributed by atoms with E-state index in [-0.39, 0.29) is 35.3 Å². The van der Waals surface area contributed by atoms with Crippen LogP contribution in [0.1, 0.15) is 86.7 Å². The van der Waals surface area contributed by atoms with Gasteiger partial charge in [-0.05, 0) is 65.6 Å². The lowest BCUT2D eigenvalue weighted by Gasteiger charge is -2.67. The molecule has 1 saturated heterocycles. The van der Waals surface area contributed by atoms with Gasteiger partial charge in [0.1, 0.15) is 23.9 Å². The maximum atomic E-state index is 15.6. The van der Waals surface area contributed by atoms with E-state index < -0.39 is 113 Å². The first-order chi connectivity index (χ1) is 31.3. The molecule has 2 bridgehead atoms. The fourth-order valence-corrected chi connectivity index (χ4v) is 11.0. The number of amides is 1. The maximum Gasteiger partial charge on any atom is 0.338 e. The summed E-state index contributed by atoms with van der Waals surface area (Å²) in [6, 6.07) is 27.1. The van der Waals surface area contributed by atoms with Crippen LogP contribution in [-0.2, 0) is 42.9 Å². The second kappa shape index (κ2) is 17.2. The van der Waals surface area contributed by atoms with E-state index in [1.807, 2.05) is 18.2 Å². The number of aliphatic hydroxyl groups excluding tert-OH is 2. The van der Waals surface area contributed by atoms with Crippen LogP contribution >= 0.6 is 0 Å². The average Bonchev–Trinajstić information content (AvgIpc) is 3.29. The largest absolute Gasteiger partial charge is 0.456 e. The van der Waals surface area contributed by atoms with Crippen molar-refractivity contribution in [3.63, 3.8) is 0 Å². The van der Waals surface area contributed by atoms with Crippen molar-refractivity contribution in [2.24, 2.45) is 16.7 Å². The van der Waals surface area contributed by atoms with Gasteiger partial charge in [0.2, 0.25) is 0 Å². The highest BCUT2D eigenvalue weighted by atomic mass is 16.6. The van der Waals surface area contributed by atoms with Crippen LogP contribution in [0.15, 0.2) is 114 Å². The molecule has 11 atom stereocenters. The molecule has 15 nitrogen and oxygen atoms in total. The molecular formula is C51H53NO14. The van der Waals surface area contributed by atoms with Crippen molar-refractivity contribution < 1.29 is 67.8 Å². The van der Waals surface area contributed by atoms with Crippen LogP contribution in [0.5, 0.6) is 0 Å². The summed E-state index contributed by atoms with van der Waals surface area (Å²) in [5, 5.41) is 42.3. The van der Waals surface area contributed by atoms with Gasteiger partial charge in [0.25, 0.3) is 5.91 Å². The van der Waals surface area contributed by atoms with Crippen molar-refractivity contribution in [3.8, 4) is 0 Å². The fourth-order valence-electron chi connectivity index (χ4n) is 11.0. The van der Waals surface area contributed by atoms with E-state index in [1.165, 1.54) is 26.0 Å². The van der Waals surface area contributed by atoms with Gasteiger partial charge in [0.15, 0.2) is 23.6 Å². The molecular weight excluding hydrogens is 851 g/mol. The van der Waals surface area contributed by atoms with Crippen molar-refractivity contribution in [1.29, 1.82) is 0 Å². The first kappa shape index (κ1) is 46.3. The first-order valence-corrected chi connectivity index (χ1v) is 21.9. The molecule has 346 valence electrons. The third-order valence-electron chi connectivity index (χ3n) is 14.5. The van der Waals surface area contributed by atoms with E-state index in [2.05, 4.69) is 5.32 Å². The molecule has 0 aromatic heterocycles. The molecule has 4 aromatic rings. The minimum Gasteiger partial charge on any atom is -0.456 e. The van der Waals surface area contributed by atoms with Gasteiger partial charge in [-0.1, -0.05) is 92.7 Å². The highest BCUT2D eigenvalue weighted by Crippen LogP contribution is 2.64. The van der Waals surface area contributed by atoms with Gasteiger partial charge >= 0.3 is 23.9 Å². The third kappa shape index (κ3) is 7.47. The lowest BCUT2D eigenvalue weighted by Crippen LogP contribution is -2.82. The molecule has 15 heteroatoms. The number of carbonyl (C=O) groups is 6. The third-order valence-corrected chi connectivity index (χ3v) is 14.5. The SMILES string of the molecule is CC(=O)O[C@H]1C(=O)[C@@]2(C)C([C@H](OC(=O)c3ccccc3)[C@]3(O)C[C@H](OC(=O)[C@H](O)[C@@H](NC(=O)c4ccccc4)c4cccc5ccccc45)C(C)=C1C3(C)C)[C@]1(OC(C)=O)CO[C@@H]1C[C@@H]2O. The first-order valence-electron chi connectivity index (χ1n) is 21.9. The summed E-state index contributed by atoms with van der Waals surface area (Å²) < 4.78 is 30.5. The number of rotatable bonds is 10. The number of hydrogen-bond acceptors (Lipinski definition) is 14. The van der Waals surface area contributed by atoms with Gasteiger partial charge in [-0.25, -0.2) is 9.59 Å². The standard InChI is InChI=1S/C51H53NO14/c1-27-35(64-47(60)40(56)39(52-45(58)31-17-9-7-10-18-31)34-23-15-21-30-16-13-14-22-33(30)34)25-51(61)44(65-46(59)32-19-11-8-12-20-32)42-49(6,36(55)24-37-50(42,26-62-37)66-29(3)54)43(57)41(63-28(2)53)38(27)48(51,4)5/h7-23,35-37,39-42,44,55-56,61H,24-26H2,1-6H3,(H,52,58)/t35-,36-,37+,39-,40+,41+,42?,44-,49+,50-,51+/m0/s1. The predicted octanol–water partition coefficient (Wildman–Crippen LogP) is 4.89. The van der Waals surface area contributed by atoms with E-state index >= 15 is 4.79 Å². The second-order valence-electron chi connectivity index (χ2n) is 18.5. The van der Waals surface area contributed by atoms with Crippen LogP contribution < -0.4 is 5.32 Å². The number of esters is 4. The van der Waals surface area contributed by atoms with Crippen molar-refractivity contribution in [2.75, 3.05) is 6.61 Å². The Hall–Kier alpha value is -6.26. The van der Waals surface area contributed by atoms with E-state index in [9.17, 15) is 39.3 Å². The van der Waals surface area contributed by atoms with Crippen LogP contribution in [0.2, 0.25) is 0 Å². The molecule has 3 fully saturated rings. The number of hydrogen-bond donors (Lipinski definition) is 4. The zero-order valence-corrected chi connectivity index (χ0v) is 37.4. The van der Waals surface area contributed by atoms with E-state index in [0.717, 1.165) is 19.2 Å². The van der Waals surface area contributed by atoms with Gasteiger partial charge in [-0.2, -0.15) is 0 Å². The van der Waals surface area contributed by atoms with Crippen molar-refractivity contribution in [1.82, 2.24) is 5.32 Å². The number of nitrogens with one attached hydrogen (secondary N) is 1. The second-order valence-corrected chi connectivity index (χ2v) is 18.5. The molecule has 1 unspecified atom stereocenters. The van der Waals surface area contributed by atoms with Gasteiger partial charge in [0, 0.05) is 37.7 Å². The molecule has 0 radical (unpaired) electrons. The van der Waals surface area contributed by atoms with E-state index in [4.69, 9.17) is 23.7 Å². The molecule has 4 aromatic carbocycles. The van der Waals surface area contributed by atoms with Crippen LogP contribution in [-0.4, -0.2) is 105 Å². The average molecular weight is 904 g/mol. The zero-order chi connectivity index (χ0) is 47.5. The molecule has 2 saturated carbocycles. The predicted molar refractivity (Wildman–Crippen MR) is 235 cm³/mol. The molecule has 4 N–H and O–H groups in total. The fraction of sp³-hybridized carbons (Fsp3) is 0.412. The Morgan fingerprint density at radius 3 is 2.05 bits per heavy atom. The number of Topliss-reactive ketones (excluding diaryl/α,β-unsaturated/α-hetero) is 1. The Morgan fingerprint density at radius 2 is 1.42 bits per heavy atom. The van der Waals surface area contributed by atoms with Crippen molar-refractivity contribution >= 4 is 46.3 Å². The molecule has 1 amide bonds. The summed E-state index contributed by atoms with van der Waals surface area (Å²) >= 11 is 0. The number of carbonyl (C=O) groups excluding carboxylic acids is 6. The summed E-state index contributed by atoms with van der Waals surface area (Å²) in [5.74, 6) is -6.87. The van der Waals surface area contributed by atoms with Crippen LogP contribution in [0.4, 0.5) is 0 Å². The monoisotopic (exact) mass is 903 g/mol. The summed E-state index contributed by atoms with van der Waals surface area (Å²) in [5.41, 5.74) is -7.06. The van der Waals surface area contributed by atoms with Gasteiger partial charge < -0.3 is 44.3 Å². The molecule has 3 aliphatic carbocycles. The molecule has 66 heavy (non-hydrogen) atoms. The van der Waals surface area contributed by atoms with Crippen molar-refractivity contribution in [3.05, 3.63) is 131 Å². The number of ether oxygens (including phenoxy) is 5. The summed E-state index contributed by atoms with van der Waals surface area (Å²) in [6.45, 7) is 8.00. The Labute approximate surface area is 381 Å². The maximum absolute atomic E-state index is 15.6. The smallest absolute Gasteiger partial charge is 0.338 e. The van der Waals surface area contributed by atoms with E-state index in [0.29, 0.717) is 10.9 Å². The molecule has 4 aliphatic rings. The molecule has 0 spiro atoms. The Morgan fingerprint density at radius 1 is 0.803 bits per heavy atom. The molecule has 1 aliphatic heterocycles. The number of aliphatic hydroxyl groups is 3. The number of ketones is 1. The van der Waals surface area contributed by atoms with Gasteiger partial charge in [0.05, 0.1) is 35.6 Å². The summed E-state index contributed by atoms with van der Waals surface area (Å²) in [7, 11) is 0. The van der Waals surface area contributed by atoms with E-state index in [1.54, 1.807) is 86.6 Å². The van der Waals surface area contributed by atoms with Crippen LogP contribution in [0, 0.1) is 16.7 Å². The molecule has 1 heterocycles. The summed E-state index contributed by atoms with van der Waals surface area (Å²) in [4.78, 5) is 84.5. The Kier molecular flexibility index (Phi) is 12.1. The highest BCUT2D eigenvalue weighted by Gasteiger charge is 2.78. The van der Waals surface area contributed by atoms with Gasteiger partial charge in [-0.15, -0.1) is 0 Å².